The van der Waals surface area contributed by atoms with Crippen molar-refractivity contribution in [3.8, 4) is 0 Å². The highest BCUT2D eigenvalue weighted by molar-refractivity contribution is 14.0. The Balaban J connectivity index is 0.00000288. The fourth-order valence-electron chi connectivity index (χ4n) is 2.25. The van der Waals surface area contributed by atoms with Gasteiger partial charge in [-0.05, 0) is 43.3 Å². The lowest BCUT2D eigenvalue weighted by Gasteiger charge is -2.19. The van der Waals surface area contributed by atoms with E-state index < -0.39 is 0 Å². The molecule has 2 aromatic heterocycles. The maximum atomic E-state index is 5.90. The molecule has 0 spiro atoms. The van der Waals surface area contributed by atoms with Crippen LogP contribution in [-0.2, 0) is 13.0 Å². The van der Waals surface area contributed by atoms with E-state index in [1.165, 1.54) is 4.88 Å². The van der Waals surface area contributed by atoms with Crippen LogP contribution >= 0.6 is 35.3 Å². The minimum atomic E-state index is 0. The number of hydrogen-bond donors (Lipinski definition) is 2. The topological polar surface area (TPSA) is 66.5 Å². The molecule has 0 saturated heterocycles. The maximum absolute atomic E-state index is 5.90. The van der Waals surface area contributed by atoms with Gasteiger partial charge in [-0.25, -0.2) is 9.98 Å². The lowest BCUT2D eigenvalue weighted by atomic mass is 10.3. The predicted molar refractivity (Wildman–Crippen MR) is 115 cm³/mol. The lowest BCUT2D eigenvalue weighted by Crippen LogP contribution is -2.33. The van der Waals surface area contributed by atoms with Crippen LogP contribution in [0, 0.1) is 0 Å². The zero-order valence-corrected chi connectivity index (χ0v) is 17.4. The molecular formula is C17H26IN5S. The van der Waals surface area contributed by atoms with Gasteiger partial charge in [-0.3, -0.25) is 0 Å². The largest absolute Gasteiger partial charge is 0.370 e. The van der Waals surface area contributed by atoms with Gasteiger partial charge in [-0.1, -0.05) is 12.1 Å². The first-order chi connectivity index (χ1) is 11.2. The summed E-state index contributed by atoms with van der Waals surface area (Å²) in [4.78, 5) is 12.4. The molecule has 0 radical (unpaired) electrons. The molecule has 0 bridgehead atoms. The third-order valence-corrected chi connectivity index (χ3v) is 4.52. The molecule has 0 unspecified atom stereocenters. The number of anilines is 1. The second-order valence-corrected chi connectivity index (χ2v) is 6.19. The van der Waals surface area contributed by atoms with Crippen molar-refractivity contribution in [2.75, 3.05) is 24.5 Å². The molecule has 7 heteroatoms. The Morgan fingerprint density at radius 3 is 2.67 bits per heavy atom. The molecule has 0 amide bonds. The first kappa shape index (κ1) is 20.7. The molecule has 24 heavy (non-hydrogen) atoms. The van der Waals surface area contributed by atoms with Gasteiger partial charge in [0.15, 0.2) is 5.96 Å². The third-order valence-electron chi connectivity index (χ3n) is 3.59. The van der Waals surface area contributed by atoms with Crippen LogP contribution in [0.5, 0.6) is 0 Å². The van der Waals surface area contributed by atoms with E-state index in [0.29, 0.717) is 12.5 Å². The summed E-state index contributed by atoms with van der Waals surface area (Å²) in [6.45, 7) is 7.53. The number of halogens is 1. The van der Waals surface area contributed by atoms with Gasteiger partial charge in [0.1, 0.15) is 5.82 Å². The number of hydrogen-bond acceptors (Lipinski definition) is 4. The van der Waals surface area contributed by atoms with Crippen molar-refractivity contribution in [1.82, 2.24) is 10.3 Å². The van der Waals surface area contributed by atoms with Crippen LogP contribution in [0.3, 0.4) is 0 Å². The quantitative estimate of drug-likeness (QED) is 0.362. The molecule has 0 fully saturated rings. The number of nitrogens with zero attached hydrogens (tertiary/aromatic N) is 3. The van der Waals surface area contributed by atoms with Crippen molar-refractivity contribution in [3.63, 3.8) is 0 Å². The van der Waals surface area contributed by atoms with Crippen LogP contribution in [-0.4, -0.2) is 30.6 Å². The molecule has 0 aliphatic carbocycles. The Morgan fingerprint density at radius 2 is 2.08 bits per heavy atom. The standard InChI is InChI=1S/C17H25N5S.HI/c1-3-22(4-2)16-8-7-14(12-20-16)13-21-17(18)19-10-9-15-6-5-11-23-15;/h5-8,11-12H,3-4,9-10,13H2,1-2H3,(H3,18,19,21);1H. The van der Waals surface area contributed by atoms with Crippen molar-refractivity contribution in [2.45, 2.75) is 26.8 Å². The van der Waals surface area contributed by atoms with Gasteiger partial charge < -0.3 is 16.0 Å². The number of pyridine rings is 1. The zero-order chi connectivity index (χ0) is 16.5. The van der Waals surface area contributed by atoms with E-state index in [-0.39, 0.29) is 24.0 Å². The monoisotopic (exact) mass is 459 g/mol. The van der Waals surface area contributed by atoms with E-state index in [0.717, 1.165) is 37.4 Å². The maximum Gasteiger partial charge on any atom is 0.188 e. The Morgan fingerprint density at radius 1 is 1.29 bits per heavy atom. The SMILES string of the molecule is CCN(CC)c1ccc(CN=C(N)NCCc2cccs2)cn1.I. The fraction of sp³-hybridized carbons (Fsp3) is 0.412. The number of rotatable bonds is 8. The van der Waals surface area contributed by atoms with Gasteiger partial charge in [0.25, 0.3) is 0 Å². The van der Waals surface area contributed by atoms with Crippen molar-refractivity contribution in [2.24, 2.45) is 10.7 Å². The second-order valence-electron chi connectivity index (χ2n) is 5.15. The molecule has 0 saturated carbocycles. The summed E-state index contributed by atoms with van der Waals surface area (Å²) in [6, 6.07) is 8.29. The van der Waals surface area contributed by atoms with Crippen molar-refractivity contribution < 1.29 is 0 Å². The molecule has 0 aliphatic heterocycles. The van der Waals surface area contributed by atoms with Gasteiger partial charge in [-0.2, -0.15) is 0 Å². The molecule has 2 heterocycles. The summed E-state index contributed by atoms with van der Waals surface area (Å²) in [7, 11) is 0. The molecule has 5 nitrogen and oxygen atoms in total. The first-order valence-electron chi connectivity index (χ1n) is 7.99. The molecule has 0 aromatic carbocycles. The van der Waals surface area contributed by atoms with Crippen molar-refractivity contribution >= 4 is 47.1 Å². The summed E-state index contributed by atoms with van der Waals surface area (Å²) in [6.07, 6.45) is 2.84. The normalized spacial score (nSPS) is 11.0. The molecular weight excluding hydrogens is 433 g/mol. The number of aliphatic imine (C=N–C) groups is 1. The number of nitrogens with two attached hydrogens (primary N) is 1. The predicted octanol–water partition coefficient (Wildman–Crippen LogP) is 3.25. The molecule has 0 aliphatic rings. The van der Waals surface area contributed by atoms with E-state index in [2.05, 4.69) is 57.6 Å². The van der Waals surface area contributed by atoms with Crippen LogP contribution in [0.4, 0.5) is 5.82 Å². The molecule has 2 aromatic rings. The van der Waals surface area contributed by atoms with Gasteiger partial charge in [0.2, 0.25) is 0 Å². The van der Waals surface area contributed by atoms with E-state index in [9.17, 15) is 0 Å². The third kappa shape index (κ3) is 6.64. The molecule has 0 atom stereocenters. The van der Waals surface area contributed by atoms with Crippen molar-refractivity contribution in [1.29, 1.82) is 0 Å². The van der Waals surface area contributed by atoms with Crippen LogP contribution in [0.1, 0.15) is 24.3 Å². The smallest absolute Gasteiger partial charge is 0.188 e. The van der Waals surface area contributed by atoms with Gasteiger partial charge in [0.05, 0.1) is 6.54 Å². The van der Waals surface area contributed by atoms with E-state index in [4.69, 9.17) is 5.73 Å². The average Bonchev–Trinajstić information content (AvgIpc) is 3.08. The van der Waals surface area contributed by atoms with Crippen LogP contribution in [0.25, 0.3) is 0 Å². The van der Waals surface area contributed by atoms with Crippen LogP contribution in [0.15, 0.2) is 40.8 Å². The van der Waals surface area contributed by atoms with Crippen LogP contribution in [0.2, 0.25) is 0 Å². The fourth-order valence-corrected chi connectivity index (χ4v) is 2.95. The van der Waals surface area contributed by atoms with Crippen LogP contribution < -0.4 is 16.0 Å². The first-order valence-corrected chi connectivity index (χ1v) is 8.87. The highest BCUT2D eigenvalue weighted by atomic mass is 127. The van der Waals surface area contributed by atoms with Crippen molar-refractivity contribution in [3.05, 3.63) is 46.3 Å². The summed E-state index contributed by atoms with van der Waals surface area (Å²) < 4.78 is 0. The number of guanidine groups is 1. The Labute approximate surface area is 165 Å². The lowest BCUT2D eigenvalue weighted by molar-refractivity contribution is 0.841. The molecule has 2 rings (SSSR count). The zero-order valence-electron chi connectivity index (χ0n) is 14.2. The van der Waals surface area contributed by atoms with Gasteiger partial charge in [-0.15, -0.1) is 35.3 Å². The summed E-state index contributed by atoms with van der Waals surface area (Å²) >= 11 is 1.76. The Bertz CT molecular complexity index is 594. The van der Waals surface area contributed by atoms with E-state index in [1.807, 2.05) is 12.3 Å². The van der Waals surface area contributed by atoms with Gasteiger partial charge in [0, 0.05) is 30.7 Å². The summed E-state index contributed by atoms with van der Waals surface area (Å²) in [5.41, 5.74) is 6.96. The number of nitrogens with one attached hydrogen (secondary N) is 1. The number of thiophene rings is 1. The average molecular weight is 459 g/mol. The molecule has 3 N–H and O–H groups in total. The highest BCUT2D eigenvalue weighted by Gasteiger charge is 2.02. The number of aromatic nitrogens is 1. The summed E-state index contributed by atoms with van der Waals surface area (Å²) in [5, 5.41) is 5.23. The Hall–Kier alpha value is -1.35. The Kier molecular flexibility index (Phi) is 9.70. The van der Waals surface area contributed by atoms with E-state index in [1.54, 1.807) is 11.3 Å². The van der Waals surface area contributed by atoms with Gasteiger partial charge >= 0.3 is 0 Å². The van der Waals surface area contributed by atoms with E-state index >= 15 is 0 Å². The highest BCUT2D eigenvalue weighted by Crippen LogP contribution is 2.11. The molecule has 132 valence electrons. The second kappa shape index (κ2) is 11.2. The summed E-state index contributed by atoms with van der Waals surface area (Å²) in [5.74, 6) is 1.49. The minimum Gasteiger partial charge on any atom is -0.370 e. The minimum absolute atomic E-state index is 0.